The van der Waals surface area contributed by atoms with Crippen LogP contribution in [0.25, 0.3) is 0 Å². The van der Waals surface area contributed by atoms with Crippen LogP contribution in [0.4, 0.5) is 5.69 Å². The van der Waals surface area contributed by atoms with Crippen LogP contribution in [0.15, 0.2) is 72.8 Å². The van der Waals surface area contributed by atoms with Crippen molar-refractivity contribution < 1.29 is 23.9 Å². The third-order valence-corrected chi connectivity index (χ3v) is 5.42. The molecule has 6 nitrogen and oxygen atoms in total. The van der Waals surface area contributed by atoms with E-state index in [0.717, 1.165) is 39.0 Å². The molecule has 0 aliphatic carbocycles. The molecule has 6 heteroatoms. The number of quaternary nitrogens is 1. The number of benzene rings is 3. The van der Waals surface area contributed by atoms with Gasteiger partial charge >= 0.3 is 0 Å². The van der Waals surface area contributed by atoms with E-state index in [1.165, 1.54) is 0 Å². The van der Waals surface area contributed by atoms with E-state index < -0.39 is 0 Å². The maximum Gasteiger partial charge on any atom is 0.282 e. The van der Waals surface area contributed by atoms with Crippen molar-refractivity contribution in [1.29, 1.82) is 0 Å². The van der Waals surface area contributed by atoms with E-state index in [9.17, 15) is 4.79 Å². The van der Waals surface area contributed by atoms with Gasteiger partial charge < -0.3 is 24.4 Å². The fourth-order valence-corrected chi connectivity index (χ4v) is 3.38. The van der Waals surface area contributed by atoms with Crippen LogP contribution < -0.4 is 24.4 Å². The van der Waals surface area contributed by atoms with Crippen molar-refractivity contribution in [3.63, 3.8) is 0 Å². The Balaban J connectivity index is 1.28. The highest BCUT2D eigenvalue weighted by Crippen LogP contribution is 2.32. The zero-order valence-corrected chi connectivity index (χ0v) is 17.8. The highest BCUT2D eigenvalue weighted by Gasteiger charge is 2.23. The Labute approximate surface area is 182 Å². The molecule has 0 spiro atoms. The first-order valence-corrected chi connectivity index (χ1v) is 10.4. The second-order valence-electron chi connectivity index (χ2n) is 7.72. The third-order valence-electron chi connectivity index (χ3n) is 5.42. The number of carbonyl (C=O) groups is 1. The molecule has 4 rings (SSSR count). The minimum atomic E-state index is -0.223. The highest BCUT2D eigenvalue weighted by atomic mass is 16.7. The molecule has 1 unspecified atom stereocenters. The number of rotatable bonds is 8. The Bertz CT molecular complexity index is 1020. The molecule has 0 saturated heterocycles. The van der Waals surface area contributed by atoms with E-state index in [-0.39, 0.29) is 18.7 Å². The minimum absolute atomic E-state index is 0.0313. The van der Waals surface area contributed by atoms with Crippen molar-refractivity contribution in [2.24, 2.45) is 0 Å². The number of ether oxygens (including phenoxy) is 3. The molecule has 1 aliphatic heterocycles. The summed E-state index contributed by atoms with van der Waals surface area (Å²) in [6, 6.07) is 23.1. The lowest BCUT2D eigenvalue weighted by atomic mass is 10.1. The molecule has 1 heterocycles. The van der Waals surface area contributed by atoms with E-state index in [2.05, 4.69) is 5.32 Å². The van der Waals surface area contributed by atoms with Gasteiger partial charge in [-0.25, -0.2) is 0 Å². The highest BCUT2D eigenvalue weighted by molar-refractivity contribution is 5.93. The van der Waals surface area contributed by atoms with E-state index >= 15 is 0 Å². The number of hydrogen-bond acceptors (Lipinski definition) is 4. The molecule has 0 saturated carbocycles. The van der Waals surface area contributed by atoms with Gasteiger partial charge in [0.1, 0.15) is 18.9 Å². The molecule has 160 valence electrons. The van der Waals surface area contributed by atoms with Crippen LogP contribution in [0.3, 0.4) is 0 Å². The second kappa shape index (κ2) is 9.53. The van der Waals surface area contributed by atoms with Crippen LogP contribution in [0.5, 0.6) is 17.2 Å². The maximum absolute atomic E-state index is 12.7. The molecule has 31 heavy (non-hydrogen) atoms. The molecular weight excluding hydrogens is 392 g/mol. The average molecular weight is 420 g/mol. The summed E-state index contributed by atoms with van der Waals surface area (Å²) in [4.78, 5) is 13.8. The van der Waals surface area contributed by atoms with E-state index in [1.54, 1.807) is 0 Å². The lowest BCUT2D eigenvalue weighted by Gasteiger charge is -2.21. The lowest BCUT2D eigenvalue weighted by molar-refractivity contribution is -0.907. The van der Waals surface area contributed by atoms with Crippen LogP contribution in [-0.4, -0.2) is 25.8 Å². The van der Waals surface area contributed by atoms with Crippen molar-refractivity contribution in [1.82, 2.24) is 0 Å². The van der Waals surface area contributed by atoms with Gasteiger partial charge in [0, 0.05) is 11.3 Å². The van der Waals surface area contributed by atoms with Gasteiger partial charge in [-0.05, 0) is 55.0 Å². The zero-order valence-electron chi connectivity index (χ0n) is 17.8. The first kappa shape index (κ1) is 20.8. The molecule has 3 aromatic carbocycles. The Morgan fingerprint density at radius 2 is 1.74 bits per heavy atom. The van der Waals surface area contributed by atoms with Crippen LogP contribution in [0, 0.1) is 0 Å². The molecule has 0 radical (unpaired) electrons. The van der Waals surface area contributed by atoms with Crippen molar-refractivity contribution in [3.8, 4) is 17.2 Å². The summed E-state index contributed by atoms with van der Waals surface area (Å²) in [5.74, 6) is 2.26. The number of nitrogens with one attached hydrogen (secondary N) is 2. The zero-order chi connectivity index (χ0) is 21.6. The van der Waals surface area contributed by atoms with Gasteiger partial charge in [0.15, 0.2) is 17.5 Å². The smallest absolute Gasteiger partial charge is 0.282 e. The normalized spacial score (nSPS) is 14.0. The number of anilines is 1. The number of carbonyl (C=O) groups excluding carboxylic acids is 1. The molecule has 0 aromatic heterocycles. The number of hydrogen-bond donors (Lipinski definition) is 2. The predicted molar refractivity (Wildman–Crippen MR) is 118 cm³/mol. The summed E-state index contributed by atoms with van der Waals surface area (Å²) < 4.78 is 16.6. The van der Waals surface area contributed by atoms with Crippen LogP contribution in [-0.2, 0) is 17.9 Å². The largest absolute Gasteiger partial charge is 0.489 e. The van der Waals surface area contributed by atoms with Crippen molar-refractivity contribution >= 4 is 11.6 Å². The molecule has 1 amide bonds. The SMILES string of the molecule is C[C@H](C(=O)Nc1ccc(OCc2ccccc2)cc1)[NH+](C)Cc1ccc2c(c1)OCO2. The minimum Gasteiger partial charge on any atom is -0.489 e. The number of fused-ring (bicyclic) bond motifs is 1. The van der Waals surface area contributed by atoms with Gasteiger partial charge in [0.25, 0.3) is 5.91 Å². The lowest BCUT2D eigenvalue weighted by Crippen LogP contribution is -3.12. The summed E-state index contributed by atoms with van der Waals surface area (Å²) in [5, 5.41) is 2.99. The monoisotopic (exact) mass is 419 g/mol. The Kier molecular flexibility index (Phi) is 6.38. The van der Waals surface area contributed by atoms with Gasteiger partial charge in [-0.1, -0.05) is 30.3 Å². The molecular formula is C25H27N2O4+. The van der Waals surface area contributed by atoms with Crippen LogP contribution >= 0.6 is 0 Å². The Hall–Kier alpha value is -3.51. The number of likely N-dealkylation sites (N-methyl/N-ethyl adjacent to an activating group) is 1. The summed E-state index contributed by atoms with van der Waals surface area (Å²) >= 11 is 0. The first-order valence-electron chi connectivity index (χ1n) is 10.4. The Morgan fingerprint density at radius 1 is 1.00 bits per heavy atom. The summed E-state index contributed by atoms with van der Waals surface area (Å²) in [7, 11) is 2.01. The van der Waals surface area contributed by atoms with E-state index in [4.69, 9.17) is 14.2 Å². The quantitative estimate of drug-likeness (QED) is 0.589. The van der Waals surface area contributed by atoms with Gasteiger partial charge in [-0.3, -0.25) is 4.79 Å². The fourth-order valence-electron chi connectivity index (χ4n) is 3.38. The van der Waals surface area contributed by atoms with Gasteiger partial charge in [-0.2, -0.15) is 0 Å². The summed E-state index contributed by atoms with van der Waals surface area (Å²) in [6.45, 7) is 3.40. The van der Waals surface area contributed by atoms with Crippen LogP contribution in [0.1, 0.15) is 18.1 Å². The van der Waals surface area contributed by atoms with Crippen molar-refractivity contribution in [2.75, 3.05) is 19.2 Å². The second-order valence-corrected chi connectivity index (χ2v) is 7.72. The predicted octanol–water partition coefficient (Wildman–Crippen LogP) is 3.04. The van der Waals surface area contributed by atoms with Crippen LogP contribution in [0.2, 0.25) is 0 Å². The first-order chi connectivity index (χ1) is 15.1. The van der Waals surface area contributed by atoms with Crippen molar-refractivity contribution in [2.45, 2.75) is 26.1 Å². The average Bonchev–Trinajstić information content (AvgIpc) is 3.26. The van der Waals surface area contributed by atoms with E-state index in [1.807, 2.05) is 86.8 Å². The molecule has 1 aliphatic rings. The molecule has 2 N–H and O–H groups in total. The molecule has 0 fully saturated rings. The van der Waals surface area contributed by atoms with Crippen molar-refractivity contribution in [3.05, 3.63) is 83.9 Å². The van der Waals surface area contributed by atoms with E-state index in [0.29, 0.717) is 13.2 Å². The van der Waals surface area contributed by atoms with Gasteiger partial charge in [0.2, 0.25) is 6.79 Å². The summed E-state index contributed by atoms with van der Waals surface area (Å²) in [6.07, 6.45) is 0. The van der Waals surface area contributed by atoms with Gasteiger partial charge in [0.05, 0.1) is 7.05 Å². The topological polar surface area (TPSA) is 61.2 Å². The Morgan fingerprint density at radius 3 is 2.52 bits per heavy atom. The molecule has 0 bridgehead atoms. The maximum atomic E-state index is 12.7. The fraction of sp³-hybridized carbons (Fsp3) is 0.240. The summed E-state index contributed by atoms with van der Waals surface area (Å²) in [5.41, 5.74) is 2.96. The standard InChI is InChI=1S/C25H26N2O4/c1-18(27(2)15-20-8-13-23-24(14-20)31-17-30-23)25(28)26-21-9-11-22(12-10-21)29-16-19-6-4-3-5-7-19/h3-14,18H,15-17H2,1-2H3,(H,26,28)/p+1/t18-/m1/s1. The molecule has 2 atom stereocenters. The third kappa shape index (κ3) is 5.35. The molecule has 3 aromatic rings. The van der Waals surface area contributed by atoms with Gasteiger partial charge in [-0.15, -0.1) is 0 Å². The number of amides is 1.